The summed E-state index contributed by atoms with van der Waals surface area (Å²) in [6.07, 6.45) is 4.69. The van der Waals surface area contributed by atoms with Gasteiger partial charge in [-0.25, -0.2) is 0 Å². The van der Waals surface area contributed by atoms with Gasteiger partial charge in [-0.15, -0.1) is 0 Å². The van der Waals surface area contributed by atoms with Crippen molar-refractivity contribution in [1.29, 1.82) is 0 Å². The first-order valence-corrected chi connectivity index (χ1v) is 5.54. The molecule has 1 N–H and O–H groups in total. The maximum absolute atomic E-state index is 8.89. The molecule has 1 aliphatic rings. The first kappa shape index (κ1) is 9.72. The molecule has 0 aromatic heterocycles. The van der Waals surface area contributed by atoms with E-state index in [-0.39, 0.29) is 6.61 Å². The van der Waals surface area contributed by atoms with Crippen molar-refractivity contribution in [3.8, 4) is 0 Å². The van der Waals surface area contributed by atoms with Crippen molar-refractivity contribution in [1.82, 2.24) is 0 Å². The van der Waals surface area contributed by atoms with E-state index in [1.165, 1.54) is 36.0 Å². The fourth-order valence-electron chi connectivity index (χ4n) is 2.26. The van der Waals surface area contributed by atoms with Crippen LogP contribution in [0.1, 0.15) is 42.4 Å². The van der Waals surface area contributed by atoms with Crippen LogP contribution in [-0.2, 0) is 12.8 Å². The van der Waals surface area contributed by atoms with E-state index in [9.17, 15) is 0 Å². The minimum Gasteiger partial charge on any atom is -0.396 e. The predicted molar refractivity (Wildman–Crippen MR) is 58.6 cm³/mol. The van der Waals surface area contributed by atoms with Gasteiger partial charge in [0.05, 0.1) is 0 Å². The van der Waals surface area contributed by atoms with Crippen molar-refractivity contribution in [2.75, 3.05) is 6.61 Å². The van der Waals surface area contributed by atoms with E-state index in [1.807, 2.05) is 0 Å². The molecule has 14 heavy (non-hydrogen) atoms. The van der Waals surface area contributed by atoms with Gasteiger partial charge >= 0.3 is 0 Å². The number of benzene rings is 1. The average molecular weight is 190 g/mol. The third-order valence-corrected chi connectivity index (χ3v) is 3.25. The zero-order chi connectivity index (χ0) is 9.97. The van der Waals surface area contributed by atoms with Gasteiger partial charge in [-0.1, -0.05) is 25.1 Å². The number of aliphatic hydroxyl groups is 1. The quantitative estimate of drug-likeness (QED) is 0.777. The van der Waals surface area contributed by atoms with Crippen LogP contribution in [0, 0.1) is 0 Å². The summed E-state index contributed by atoms with van der Waals surface area (Å²) in [5.41, 5.74) is 4.46. The summed E-state index contributed by atoms with van der Waals surface area (Å²) >= 11 is 0. The average Bonchev–Trinajstić information content (AvgIpc) is 2.64. The van der Waals surface area contributed by atoms with Crippen LogP contribution in [-0.4, -0.2) is 11.7 Å². The van der Waals surface area contributed by atoms with Gasteiger partial charge in [-0.05, 0) is 48.3 Å². The molecule has 0 amide bonds. The van der Waals surface area contributed by atoms with Crippen molar-refractivity contribution in [3.05, 3.63) is 34.9 Å². The molecule has 0 aliphatic heterocycles. The third-order valence-electron chi connectivity index (χ3n) is 3.25. The summed E-state index contributed by atoms with van der Waals surface area (Å²) in [5.74, 6) is 0.492. The maximum Gasteiger partial charge on any atom is 0.0436 e. The van der Waals surface area contributed by atoms with E-state index in [0.29, 0.717) is 5.92 Å². The normalized spacial score (nSPS) is 16.7. The number of hydrogen-bond donors (Lipinski definition) is 1. The highest BCUT2D eigenvalue weighted by Gasteiger charge is 2.12. The largest absolute Gasteiger partial charge is 0.396 e. The van der Waals surface area contributed by atoms with Crippen LogP contribution in [0.4, 0.5) is 0 Å². The highest BCUT2D eigenvalue weighted by molar-refractivity contribution is 5.36. The summed E-state index contributed by atoms with van der Waals surface area (Å²) < 4.78 is 0. The van der Waals surface area contributed by atoms with Crippen LogP contribution in [0.3, 0.4) is 0 Å². The number of aliphatic hydroxyl groups excluding tert-OH is 1. The Kier molecular flexibility index (Phi) is 2.87. The van der Waals surface area contributed by atoms with Crippen LogP contribution in [0.2, 0.25) is 0 Å². The van der Waals surface area contributed by atoms with Crippen LogP contribution in [0.25, 0.3) is 0 Å². The fraction of sp³-hybridized carbons (Fsp3) is 0.538. The van der Waals surface area contributed by atoms with Crippen LogP contribution in [0.5, 0.6) is 0 Å². The fourth-order valence-corrected chi connectivity index (χ4v) is 2.26. The molecule has 0 saturated heterocycles. The predicted octanol–water partition coefficient (Wildman–Crippen LogP) is 2.66. The molecule has 1 aromatic carbocycles. The first-order valence-electron chi connectivity index (χ1n) is 5.54. The second-order valence-corrected chi connectivity index (χ2v) is 4.30. The number of fused-ring (bicyclic) bond motifs is 1. The molecule has 2 rings (SSSR count). The Bertz CT molecular complexity index is 317. The molecular formula is C13H18O. The molecule has 1 unspecified atom stereocenters. The van der Waals surface area contributed by atoms with Gasteiger partial charge in [0.2, 0.25) is 0 Å². The molecule has 1 aromatic rings. The molecule has 0 spiro atoms. The zero-order valence-corrected chi connectivity index (χ0v) is 8.79. The van der Waals surface area contributed by atoms with Crippen LogP contribution < -0.4 is 0 Å². The van der Waals surface area contributed by atoms with Crippen molar-refractivity contribution < 1.29 is 5.11 Å². The zero-order valence-electron chi connectivity index (χ0n) is 8.79. The Balaban J connectivity index is 2.19. The van der Waals surface area contributed by atoms with Gasteiger partial charge in [0.15, 0.2) is 0 Å². The van der Waals surface area contributed by atoms with E-state index in [4.69, 9.17) is 5.11 Å². The van der Waals surface area contributed by atoms with Gasteiger partial charge < -0.3 is 5.11 Å². The molecule has 0 heterocycles. The summed E-state index contributed by atoms with van der Waals surface area (Å²) in [7, 11) is 0. The molecule has 1 atom stereocenters. The van der Waals surface area contributed by atoms with Gasteiger partial charge in [0.1, 0.15) is 0 Å². The van der Waals surface area contributed by atoms with Crippen molar-refractivity contribution in [2.45, 2.75) is 38.5 Å². The van der Waals surface area contributed by atoms with Gasteiger partial charge in [0, 0.05) is 6.61 Å². The summed E-state index contributed by atoms with van der Waals surface area (Å²) in [5, 5.41) is 8.89. The van der Waals surface area contributed by atoms with Crippen LogP contribution in [0.15, 0.2) is 18.2 Å². The summed E-state index contributed by atoms with van der Waals surface area (Å²) in [6, 6.07) is 6.83. The van der Waals surface area contributed by atoms with Crippen molar-refractivity contribution >= 4 is 0 Å². The Morgan fingerprint density at radius 3 is 2.86 bits per heavy atom. The molecule has 0 radical (unpaired) electrons. The van der Waals surface area contributed by atoms with E-state index in [0.717, 1.165) is 6.42 Å². The Morgan fingerprint density at radius 2 is 2.07 bits per heavy atom. The highest BCUT2D eigenvalue weighted by Crippen LogP contribution is 2.27. The Labute approximate surface area is 85.8 Å². The summed E-state index contributed by atoms with van der Waals surface area (Å²) in [4.78, 5) is 0. The molecule has 0 saturated carbocycles. The maximum atomic E-state index is 8.89. The number of aryl methyl sites for hydroxylation is 2. The number of hydrogen-bond acceptors (Lipinski definition) is 1. The van der Waals surface area contributed by atoms with Crippen LogP contribution >= 0.6 is 0 Å². The van der Waals surface area contributed by atoms with Crippen molar-refractivity contribution in [3.63, 3.8) is 0 Å². The lowest BCUT2D eigenvalue weighted by Crippen LogP contribution is -1.97. The molecule has 0 fully saturated rings. The van der Waals surface area contributed by atoms with Gasteiger partial charge in [-0.3, -0.25) is 0 Å². The first-order chi connectivity index (χ1) is 6.81. The lowest BCUT2D eigenvalue weighted by molar-refractivity contribution is 0.278. The topological polar surface area (TPSA) is 20.2 Å². The van der Waals surface area contributed by atoms with Gasteiger partial charge in [0.25, 0.3) is 0 Å². The molecule has 1 heteroatoms. The molecule has 1 aliphatic carbocycles. The number of rotatable bonds is 3. The minimum absolute atomic E-state index is 0.290. The molecular weight excluding hydrogens is 172 g/mol. The van der Waals surface area contributed by atoms with E-state index >= 15 is 0 Å². The van der Waals surface area contributed by atoms with Crippen molar-refractivity contribution in [2.24, 2.45) is 0 Å². The second-order valence-electron chi connectivity index (χ2n) is 4.30. The van der Waals surface area contributed by atoms with E-state index in [1.54, 1.807) is 0 Å². The standard InChI is InChI=1S/C13H18O/c1-10(7-8-14)12-6-5-11-3-2-4-13(11)9-12/h5-6,9-10,14H,2-4,7-8H2,1H3. The lowest BCUT2D eigenvalue weighted by atomic mass is 9.95. The molecule has 76 valence electrons. The molecule has 1 nitrogen and oxygen atoms in total. The Morgan fingerprint density at radius 1 is 1.29 bits per heavy atom. The monoisotopic (exact) mass is 190 g/mol. The smallest absolute Gasteiger partial charge is 0.0436 e. The Hall–Kier alpha value is -0.820. The minimum atomic E-state index is 0.290. The third kappa shape index (κ3) is 1.83. The lowest BCUT2D eigenvalue weighted by Gasteiger charge is -2.11. The second kappa shape index (κ2) is 4.14. The molecule has 0 bridgehead atoms. The van der Waals surface area contributed by atoms with E-state index < -0.39 is 0 Å². The highest BCUT2D eigenvalue weighted by atomic mass is 16.3. The van der Waals surface area contributed by atoms with E-state index in [2.05, 4.69) is 25.1 Å². The van der Waals surface area contributed by atoms with Gasteiger partial charge in [-0.2, -0.15) is 0 Å². The SMILES string of the molecule is CC(CCO)c1ccc2c(c1)CCC2. The summed E-state index contributed by atoms with van der Waals surface area (Å²) in [6.45, 7) is 2.48.